The van der Waals surface area contributed by atoms with Crippen LogP contribution < -0.4 is 0 Å². The average molecular weight is 326 g/mol. The number of rotatable bonds is 6. The third-order valence-electron chi connectivity index (χ3n) is 5.34. The second kappa shape index (κ2) is 8.43. The monoisotopic (exact) mass is 326 g/mol. The van der Waals surface area contributed by atoms with Gasteiger partial charge in [0.05, 0.1) is 13.3 Å². The first kappa shape index (κ1) is 17.2. The molecule has 0 bridgehead atoms. The van der Waals surface area contributed by atoms with Crippen molar-refractivity contribution < 1.29 is 9.13 Å². The first-order chi connectivity index (χ1) is 11.8. The molecule has 2 aromatic carbocycles. The van der Waals surface area contributed by atoms with Crippen LogP contribution in [0.1, 0.15) is 49.1 Å². The fraction of sp³-hybridized carbons (Fsp3) is 0.455. The Kier molecular flexibility index (Phi) is 6.03. The summed E-state index contributed by atoms with van der Waals surface area (Å²) in [7, 11) is 1.72. The third kappa shape index (κ3) is 4.24. The number of hydrogen-bond acceptors (Lipinski definition) is 1. The Balaban J connectivity index is 1.63. The maximum atomic E-state index is 12.5. The SMILES string of the molecule is COCc1ccc(-c2ccc(C3CCC(CCF)CC3)cc2)cc1. The minimum atomic E-state index is -0.160. The Morgan fingerprint density at radius 1 is 0.875 bits per heavy atom. The topological polar surface area (TPSA) is 9.23 Å². The van der Waals surface area contributed by atoms with Crippen molar-refractivity contribution in [2.45, 2.75) is 44.6 Å². The molecule has 128 valence electrons. The highest BCUT2D eigenvalue weighted by Gasteiger charge is 2.22. The van der Waals surface area contributed by atoms with Gasteiger partial charge in [0.2, 0.25) is 0 Å². The van der Waals surface area contributed by atoms with E-state index >= 15 is 0 Å². The van der Waals surface area contributed by atoms with Gasteiger partial charge in [-0.15, -0.1) is 0 Å². The molecule has 2 heteroatoms. The summed E-state index contributed by atoms with van der Waals surface area (Å²) in [6.07, 6.45) is 5.52. The molecule has 0 aromatic heterocycles. The molecule has 3 rings (SSSR count). The second-order valence-corrected chi connectivity index (χ2v) is 6.95. The standard InChI is InChI=1S/C22H27FO/c1-24-16-18-4-8-20(9-5-18)22-12-10-21(11-13-22)19-6-2-17(3-7-19)14-15-23/h4-5,8-13,17,19H,2-3,6-7,14-16H2,1H3. The smallest absolute Gasteiger partial charge is 0.0897 e. The van der Waals surface area contributed by atoms with E-state index < -0.39 is 0 Å². The number of alkyl halides is 1. The summed E-state index contributed by atoms with van der Waals surface area (Å²) in [5.74, 6) is 1.26. The molecule has 0 amide bonds. The molecule has 0 radical (unpaired) electrons. The van der Waals surface area contributed by atoms with Crippen LogP contribution in [0.4, 0.5) is 4.39 Å². The van der Waals surface area contributed by atoms with Crippen LogP contribution in [0.5, 0.6) is 0 Å². The largest absolute Gasteiger partial charge is 0.380 e. The molecule has 0 unspecified atom stereocenters. The van der Waals surface area contributed by atoms with Gasteiger partial charge >= 0.3 is 0 Å². The molecule has 24 heavy (non-hydrogen) atoms. The van der Waals surface area contributed by atoms with Crippen LogP contribution in [0.15, 0.2) is 48.5 Å². The van der Waals surface area contributed by atoms with Crippen LogP contribution in [-0.4, -0.2) is 13.8 Å². The molecule has 0 atom stereocenters. The highest BCUT2D eigenvalue weighted by molar-refractivity contribution is 5.64. The van der Waals surface area contributed by atoms with E-state index in [9.17, 15) is 4.39 Å². The number of halogens is 1. The Morgan fingerprint density at radius 3 is 2.00 bits per heavy atom. The molecule has 1 nitrogen and oxygen atoms in total. The van der Waals surface area contributed by atoms with E-state index in [1.54, 1.807) is 7.11 Å². The highest BCUT2D eigenvalue weighted by atomic mass is 19.1. The molecule has 1 aliphatic rings. The van der Waals surface area contributed by atoms with Crippen molar-refractivity contribution in [1.29, 1.82) is 0 Å². The van der Waals surface area contributed by atoms with Gasteiger partial charge in [-0.05, 0) is 66.2 Å². The van der Waals surface area contributed by atoms with Crippen LogP contribution in [0.2, 0.25) is 0 Å². The molecular formula is C22H27FO. The van der Waals surface area contributed by atoms with Gasteiger partial charge in [-0.3, -0.25) is 4.39 Å². The first-order valence-corrected chi connectivity index (χ1v) is 9.04. The molecule has 1 aliphatic carbocycles. The molecule has 1 fully saturated rings. The summed E-state index contributed by atoms with van der Waals surface area (Å²) in [4.78, 5) is 0. The fourth-order valence-electron chi connectivity index (χ4n) is 3.85. The van der Waals surface area contributed by atoms with E-state index in [1.807, 2.05) is 0 Å². The summed E-state index contributed by atoms with van der Waals surface area (Å²) in [6.45, 7) is 0.498. The van der Waals surface area contributed by atoms with E-state index in [2.05, 4.69) is 48.5 Å². The van der Waals surface area contributed by atoms with E-state index in [0.29, 0.717) is 18.4 Å². The second-order valence-electron chi connectivity index (χ2n) is 6.95. The highest BCUT2D eigenvalue weighted by Crippen LogP contribution is 2.37. The number of ether oxygens (including phenoxy) is 1. The lowest BCUT2D eigenvalue weighted by molar-refractivity contribution is 0.185. The Hall–Kier alpha value is -1.67. The quantitative estimate of drug-likeness (QED) is 0.620. The van der Waals surface area contributed by atoms with Crippen LogP contribution in [0.25, 0.3) is 11.1 Å². The summed E-state index contributed by atoms with van der Waals surface area (Å²) in [5.41, 5.74) is 5.14. The molecule has 0 aliphatic heterocycles. The zero-order chi connectivity index (χ0) is 16.8. The molecule has 2 aromatic rings. The number of benzene rings is 2. The van der Waals surface area contributed by atoms with Crippen molar-refractivity contribution in [2.24, 2.45) is 5.92 Å². The van der Waals surface area contributed by atoms with Gasteiger partial charge in [0, 0.05) is 7.11 Å². The van der Waals surface area contributed by atoms with Crippen LogP contribution in [-0.2, 0) is 11.3 Å². The third-order valence-corrected chi connectivity index (χ3v) is 5.34. The van der Waals surface area contributed by atoms with E-state index in [4.69, 9.17) is 4.74 Å². The molecular weight excluding hydrogens is 299 g/mol. The van der Waals surface area contributed by atoms with E-state index in [1.165, 1.54) is 47.9 Å². The summed E-state index contributed by atoms with van der Waals surface area (Å²) in [6, 6.07) is 17.6. The summed E-state index contributed by atoms with van der Waals surface area (Å²) < 4.78 is 17.6. The van der Waals surface area contributed by atoms with Gasteiger partial charge in [-0.1, -0.05) is 48.5 Å². The van der Waals surface area contributed by atoms with Gasteiger partial charge in [-0.2, -0.15) is 0 Å². The maximum Gasteiger partial charge on any atom is 0.0897 e. The van der Waals surface area contributed by atoms with Gasteiger partial charge in [-0.25, -0.2) is 0 Å². The predicted molar refractivity (Wildman–Crippen MR) is 97.9 cm³/mol. The summed E-state index contributed by atoms with van der Waals surface area (Å²) >= 11 is 0. The number of hydrogen-bond donors (Lipinski definition) is 0. The van der Waals surface area contributed by atoms with Gasteiger partial charge < -0.3 is 4.74 Å². The van der Waals surface area contributed by atoms with Crippen molar-refractivity contribution in [3.63, 3.8) is 0 Å². The van der Waals surface area contributed by atoms with Crippen LogP contribution >= 0.6 is 0 Å². The van der Waals surface area contributed by atoms with Crippen molar-refractivity contribution >= 4 is 0 Å². The van der Waals surface area contributed by atoms with Crippen molar-refractivity contribution in [1.82, 2.24) is 0 Å². The molecule has 0 heterocycles. The van der Waals surface area contributed by atoms with E-state index in [0.717, 1.165) is 6.42 Å². The lowest BCUT2D eigenvalue weighted by atomic mass is 9.77. The van der Waals surface area contributed by atoms with Crippen molar-refractivity contribution in [3.05, 3.63) is 59.7 Å². The number of methoxy groups -OCH3 is 1. The van der Waals surface area contributed by atoms with E-state index in [-0.39, 0.29) is 6.67 Å². The van der Waals surface area contributed by atoms with Gasteiger partial charge in [0.25, 0.3) is 0 Å². The average Bonchev–Trinajstić information content (AvgIpc) is 2.64. The van der Waals surface area contributed by atoms with Gasteiger partial charge in [0.1, 0.15) is 0 Å². The minimum Gasteiger partial charge on any atom is -0.380 e. The zero-order valence-electron chi connectivity index (χ0n) is 14.5. The molecule has 0 spiro atoms. The summed E-state index contributed by atoms with van der Waals surface area (Å²) in [5, 5.41) is 0. The Bertz CT molecular complexity index is 609. The fourth-order valence-corrected chi connectivity index (χ4v) is 3.85. The Morgan fingerprint density at radius 2 is 1.46 bits per heavy atom. The lowest BCUT2D eigenvalue weighted by Crippen LogP contribution is -2.13. The Labute approximate surface area is 144 Å². The van der Waals surface area contributed by atoms with Crippen molar-refractivity contribution in [3.8, 4) is 11.1 Å². The first-order valence-electron chi connectivity index (χ1n) is 9.04. The lowest BCUT2D eigenvalue weighted by Gasteiger charge is -2.28. The normalized spacial score (nSPS) is 20.9. The maximum absolute atomic E-state index is 12.5. The minimum absolute atomic E-state index is 0.160. The zero-order valence-corrected chi connectivity index (χ0v) is 14.5. The predicted octanol–water partition coefficient (Wildman–Crippen LogP) is 6.13. The van der Waals surface area contributed by atoms with Crippen LogP contribution in [0, 0.1) is 5.92 Å². The molecule has 0 saturated heterocycles. The van der Waals surface area contributed by atoms with Crippen molar-refractivity contribution in [2.75, 3.05) is 13.8 Å². The molecule has 1 saturated carbocycles. The van der Waals surface area contributed by atoms with Crippen LogP contribution in [0.3, 0.4) is 0 Å². The van der Waals surface area contributed by atoms with Gasteiger partial charge in [0.15, 0.2) is 0 Å². The molecule has 0 N–H and O–H groups in total.